The van der Waals surface area contributed by atoms with E-state index in [9.17, 15) is 14.9 Å². The van der Waals surface area contributed by atoms with Crippen molar-refractivity contribution in [3.63, 3.8) is 0 Å². The molecule has 2 aromatic rings. The minimum atomic E-state index is -0.625. The minimum absolute atomic E-state index is 0.153. The molecule has 1 saturated heterocycles. The third-order valence-electron chi connectivity index (χ3n) is 5.57. The number of aromatic nitrogens is 1. The molecule has 1 fully saturated rings. The average Bonchev–Trinajstić information content (AvgIpc) is 3.28. The molecule has 0 bridgehead atoms. The Kier molecular flexibility index (Phi) is 5.30. The Labute approximate surface area is 172 Å². The SMILES string of the molecule is Cc1ccc(NC(=O)N2CCn3c(c(C(N)=O)c(C#N)c3C3CCOCC3)C2)s1. The van der Waals surface area contributed by atoms with Gasteiger partial charge in [-0.1, -0.05) is 0 Å². The molecule has 29 heavy (non-hydrogen) atoms. The number of amides is 3. The Morgan fingerprint density at radius 2 is 2.07 bits per heavy atom. The number of nitrogens with two attached hydrogens (primary N) is 1. The smallest absolute Gasteiger partial charge is 0.322 e. The van der Waals surface area contributed by atoms with Crippen molar-refractivity contribution in [2.45, 2.75) is 38.8 Å². The number of nitriles is 1. The molecule has 4 heterocycles. The number of aryl methyl sites for hydroxylation is 1. The van der Waals surface area contributed by atoms with Gasteiger partial charge in [-0.25, -0.2) is 4.79 Å². The zero-order chi connectivity index (χ0) is 20.5. The number of urea groups is 1. The van der Waals surface area contributed by atoms with Crippen LogP contribution >= 0.6 is 11.3 Å². The van der Waals surface area contributed by atoms with E-state index in [4.69, 9.17) is 10.5 Å². The van der Waals surface area contributed by atoms with Crippen LogP contribution in [-0.4, -0.2) is 41.2 Å². The van der Waals surface area contributed by atoms with Gasteiger partial charge in [0.05, 0.1) is 28.4 Å². The highest BCUT2D eigenvalue weighted by atomic mass is 32.1. The molecule has 2 aromatic heterocycles. The summed E-state index contributed by atoms with van der Waals surface area (Å²) in [5, 5.41) is 13.5. The number of nitrogens with zero attached hydrogens (tertiary/aromatic N) is 3. The molecular formula is C20H23N5O3S. The highest BCUT2D eigenvalue weighted by Crippen LogP contribution is 2.36. The van der Waals surface area contributed by atoms with Crippen LogP contribution < -0.4 is 11.1 Å². The summed E-state index contributed by atoms with van der Waals surface area (Å²) in [6, 6.07) is 5.81. The maximum atomic E-state index is 12.7. The maximum absolute atomic E-state index is 12.7. The second kappa shape index (κ2) is 7.89. The van der Waals surface area contributed by atoms with Gasteiger partial charge >= 0.3 is 6.03 Å². The summed E-state index contributed by atoms with van der Waals surface area (Å²) >= 11 is 1.51. The van der Waals surface area contributed by atoms with E-state index in [0.717, 1.165) is 28.4 Å². The summed E-state index contributed by atoms with van der Waals surface area (Å²) in [6.45, 7) is 4.52. The lowest BCUT2D eigenvalue weighted by molar-refractivity contribution is 0.0832. The molecule has 0 aliphatic carbocycles. The lowest BCUT2D eigenvalue weighted by Crippen LogP contribution is -2.41. The van der Waals surface area contributed by atoms with E-state index >= 15 is 0 Å². The van der Waals surface area contributed by atoms with Crippen molar-refractivity contribution < 1.29 is 14.3 Å². The van der Waals surface area contributed by atoms with Crippen LogP contribution in [0, 0.1) is 18.3 Å². The van der Waals surface area contributed by atoms with Crippen molar-refractivity contribution in [2.75, 3.05) is 25.1 Å². The van der Waals surface area contributed by atoms with E-state index in [1.54, 1.807) is 4.90 Å². The molecule has 2 aliphatic heterocycles. The Morgan fingerprint density at radius 3 is 2.69 bits per heavy atom. The van der Waals surface area contributed by atoms with E-state index in [-0.39, 0.29) is 24.1 Å². The lowest BCUT2D eigenvalue weighted by Gasteiger charge is -2.32. The van der Waals surface area contributed by atoms with Crippen LogP contribution in [0.1, 0.15) is 50.9 Å². The number of rotatable bonds is 3. The van der Waals surface area contributed by atoms with Crippen molar-refractivity contribution in [3.8, 4) is 6.07 Å². The zero-order valence-electron chi connectivity index (χ0n) is 16.2. The molecule has 4 rings (SSSR count). The molecule has 8 nitrogen and oxygen atoms in total. The monoisotopic (exact) mass is 413 g/mol. The number of nitrogens with one attached hydrogen (secondary N) is 1. The molecule has 0 saturated carbocycles. The van der Waals surface area contributed by atoms with Gasteiger partial charge in [0, 0.05) is 42.8 Å². The van der Waals surface area contributed by atoms with E-state index in [1.807, 2.05) is 23.6 Å². The van der Waals surface area contributed by atoms with Gasteiger partial charge in [0.1, 0.15) is 6.07 Å². The first-order valence-corrected chi connectivity index (χ1v) is 10.5. The third-order valence-corrected chi connectivity index (χ3v) is 6.49. The summed E-state index contributed by atoms with van der Waals surface area (Å²) in [6.07, 6.45) is 1.61. The number of hydrogen-bond acceptors (Lipinski definition) is 5. The van der Waals surface area contributed by atoms with Crippen LogP contribution in [0.15, 0.2) is 12.1 Å². The summed E-state index contributed by atoms with van der Waals surface area (Å²) < 4.78 is 7.49. The predicted molar refractivity (Wildman–Crippen MR) is 109 cm³/mol. The number of thiophene rings is 1. The van der Waals surface area contributed by atoms with E-state index in [2.05, 4.69) is 11.4 Å². The molecule has 0 spiro atoms. The first kappa shape index (κ1) is 19.5. The van der Waals surface area contributed by atoms with Crippen molar-refractivity contribution in [2.24, 2.45) is 5.73 Å². The van der Waals surface area contributed by atoms with Gasteiger partial charge in [0.2, 0.25) is 0 Å². The van der Waals surface area contributed by atoms with Crippen LogP contribution in [0.5, 0.6) is 0 Å². The van der Waals surface area contributed by atoms with Crippen LogP contribution in [-0.2, 0) is 17.8 Å². The van der Waals surface area contributed by atoms with Gasteiger partial charge in [-0.3, -0.25) is 10.1 Å². The number of anilines is 1. The molecule has 3 N–H and O–H groups in total. The number of ether oxygens (including phenoxy) is 1. The second-order valence-electron chi connectivity index (χ2n) is 7.36. The molecule has 0 aromatic carbocycles. The van der Waals surface area contributed by atoms with Gasteiger partial charge < -0.3 is 19.9 Å². The fourth-order valence-electron chi connectivity index (χ4n) is 4.22. The normalized spacial score (nSPS) is 16.9. The molecular weight excluding hydrogens is 390 g/mol. The molecule has 152 valence electrons. The van der Waals surface area contributed by atoms with Crippen molar-refractivity contribution in [1.29, 1.82) is 5.26 Å². The predicted octanol–water partition coefficient (Wildman–Crippen LogP) is 2.77. The molecule has 9 heteroatoms. The quantitative estimate of drug-likeness (QED) is 0.805. The topological polar surface area (TPSA) is 113 Å². The molecule has 0 radical (unpaired) electrons. The summed E-state index contributed by atoms with van der Waals surface area (Å²) in [5.74, 6) is -0.473. The minimum Gasteiger partial charge on any atom is -0.381 e. The molecule has 2 aliphatic rings. The van der Waals surface area contributed by atoms with Gasteiger partial charge in [0.25, 0.3) is 5.91 Å². The largest absolute Gasteiger partial charge is 0.381 e. The van der Waals surface area contributed by atoms with Gasteiger partial charge in [-0.15, -0.1) is 11.3 Å². The van der Waals surface area contributed by atoms with Crippen LogP contribution in [0.4, 0.5) is 9.80 Å². The number of carbonyl (C=O) groups excluding carboxylic acids is 2. The van der Waals surface area contributed by atoms with E-state index < -0.39 is 5.91 Å². The van der Waals surface area contributed by atoms with Crippen LogP contribution in [0.3, 0.4) is 0 Å². The van der Waals surface area contributed by atoms with E-state index in [1.165, 1.54) is 11.3 Å². The fourth-order valence-corrected chi connectivity index (χ4v) is 4.98. The lowest BCUT2D eigenvalue weighted by atomic mass is 9.92. The summed E-state index contributed by atoms with van der Waals surface area (Å²) in [7, 11) is 0. The van der Waals surface area contributed by atoms with Gasteiger partial charge in [-0.2, -0.15) is 5.26 Å². The fraction of sp³-hybridized carbons (Fsp3) is 0.450. The van der Waals surface area contributed by atoms with Gasteiger partial charge in [0.15, 0.2) is 0 Å². The highest BCUT2D eigenvalue weighted by Gasteiger charge is 2.34. The maximum Gasteiger partial charge on any atom is 0.322 e. The summed E-state index contributed by atoms with van der Waals surface area (Å²) in [4.78, 5) is 27.8. The van der Waals surface area contributed by atoms with Crippen LogP contribution in [0.25, 0.3) is 0 Å². The van der Waals surface area contributed by atoms with Crippen LogP contribution in [0.2, 0.25) is 0 Å². The summed E-state index contributed by atoms with van der Waals surface area (Å²) in [5.41, 5.74) is 7.79. The Morgan fingerprint density at radius 1 is 1.31 bits per heavy atom. The van der Waals surface area contributed by atoms with Crippen molar-refractivity contribution in [3.05, 3.63) is 39.5 Å². The number of primary amides is 1. The van der Waals surface area contributed by atoms with E-state index in [0.29, 0.717) is 37.6 Å². The Balaban J connectivity index is 1.66. The van der Waals surface area contributed by atoms with Gasteiger partial charge in [-0.05, 0) is 31.9 Å². The molecule has 3 amide bonds. The van der Waals surface area contributed by atoms with Crippen molar-refractivity contribution in [1.82, 2.24) is 9.47 Å². The first-order valence-electron chi connectivity index (χ1n) is 9.65. The zero-order valence-corrected chi connectivity index (χ0v) is 17.1. The number of hydrogen-bond donors (Lipinski definition) is 2. The van der Waals surface area contributed by atoms with Crippen molar-refractivity contribution >= 4 is 28.3 Å². The molecule has 0 atom stereocenters. The Bertz CT molecular complexity index is 997. The second-order valence-corrected chi connectivity index (χ2v) is 8.65. The number of fused-ring (bicyclic) bond motifs is 1. The average molecular weight is 414 g/mol. The molecule has 0 unspecified atom stereocenters. The first-order chi connectivity index (χ1) is 14.0. The number of carbonyl (C=O) groups is 2. The third kappa shape index (κ3) is 3.61. The Hall–Kier alpha value is -2.83. The highest BCUT2D eigenvalue weighted by molar-refractivity contribution is 7.16. The standard InChI is InChI=1S/C20H23N5O3S/c1-12-2-3-16(29-12)23-20(27)24-6-7-25-15(11-24)17(19(22)26)14(10-21)18(25)13-4-8-28-9-5-13/h2-3,13H,4-9,11H2,1H3,(H2,22,26)(H,23,27).